The van der Waals surface area contributed by atoms with Crippen molar-refractivity contribution in [1.29, 1.82) is 0 Å². The Morgan fingerprint density at radius 1 is 1.13 bits per heavy atom. The molecule has 0 bridgehead atoms. The fraction of sp³-hybridized carbons (Fsp3) is 0.545. The summed E-state index contributed by atoms with van der Waals surface area (Å²) in [4.78, 5) is 21.3. The fourth-order valence-corrected chi connectivity index (χ4v) is 3.67. The molecule has 0 saturated heterocycles. The van der Waals surface area contributed by atoms with Gasteiger partial charge in [-0.15, -0.1) is 0 Å². The molecule has 1 aromatic carbocycles. The Morgan fingerprint density at radius 2 is 1.77 bits per heavy atom. The number of aliphatic carboxylic acids is 2. The van der Waals surface area contributed by atoms with Gasteiger partial charge in [0, 0.05) is 31.2 Å². The second-order valence-electron chi connectivity index (χ2n) is 7.41. The lowest BCUT2D eigenvalue weighted by Crippen LogP contribution is -2.34. The van der Waals surface area contributed by atoms with Crippen LogP contribution >= 0.6 is 0 Å². The van der Waals surface area contributed by atoms with Crippen molar-refractivity contribution in [2.75, 3.05) is 28.0 Å². The molecule has 0 aliphatic heterocycles. The Bertz CT molecular complexity index is 674. The maximum Gasteiger partial charge on any atom is 0.328 e. The van der Waals surface area contributed by atoms with E-state index in [1.165, 1.54) is 18.4 Å². The highest BCUT2D eigenvalue weighted by Crippen LogP contribution is 2.37. The van der Waals surface area contributed by atoms with Crippen LogP contribution in [0.3, 0.4) is 0 Å². The lowest BCUT2D eigenvalue weighted by molar-refractivity contribution is -0.134. The van der Waals surface area contributed by atoms with E-state index in [1.807, 2.05) is 12.1 Å². The van der Waals surface area contributed by atoms with Crippen LogP contribution in [0.2, 0.25) is 0 Å². The van der Waals surface area contributed by atoms with E-state index in [1.54, 1.807) is 7.11 Å². The van der Waals surface area contributed by atoms with Crippen molar-refractivity contribution in [3.05, 3.63) is 42.0 Å². The Labute approximate surface area is 177 Å². The van der Waals surface area contributed by atoms with E-state index >= 15 is 0 Å². The van der Waals surface area contributed by atoms with Gasteiger partial charge in [0.15, 0.2) is 6.79 Å². The van der Waals surface area contributed by atoms with E-state index in [-0.39, 0.29) is 24.9 Å². The van der Waals surface area contributed by atoms with Gasteiger partial charge in [0.05, 0.1) is 6.10 Å². The highest BCUT2D eigenvalue weighted by atomic mass is 16.7. The molecule has 0 radical (unpaired) electrons. The van der Waals surface area contributed by atoms with Crippen LogP contribution in [0.25, 0.3) is 0 Å². The van der Waals surface area contributed by atoms with Crippen LogP contribution in [0.4, 0.5) is 0 Å². The molecule has 168 valence electrons. The van der Waals surface area contributed by atoms with E-state index in [9.17, 15) is 14.7 Å². The third-order valence-electron chi connectivity index (χ3n) is 4.91. The molecule has 0 heterocycles. The molecule has 0 spiro atoms. The first-order valence-electron chi connectivity index (χ1n) is 9.96. The Kier molecular flexibility index (Phi) is 11.7. The van der Waals surface area contributed by atoms with Crippen LogP contribution < -0.4 is 4.74 Å². The van der Waals surface area contributed by atoms with Crippen LogP contribution in [0.15, 0.2) is 36.4 Å². The third kappa shape index (κ3) is 9.39. The van der Waals surface area contributed by atoms with E-state index in [0.29, 0.717) is 12.2 Å². The molecule has 3 atom stereocenters. The van der Waals surface area contributed by atoms with E-state index in [0.717, 1.165) is 25.0 Å². The summed E-state index contributed by atoms with van der Waals surface area (Å²) in [7, 11) is 5.80. The highest BCUT2D eigenvalue weighted by molar-refractivity contribution is 5.89. The number of nitrogens with zero attached hydrogens (tertiary/aromatic N) is 1. The minimum absolute atomic E-state index is 0.208. The molecule has 8 nitrogen and oxygen atoms in total. The molecule has 1 unspecified atom stereocenters. The predicted molar refractivity (Wildman–Crippen MR) is 112 cm³/mol. The van der Waals surface area contributed by atoms with Crippen LogP contribution in [0.1, 0.15) is 43.7 Å². The van der Waals surface area contributed by atoms with Crippen LogP contribution in [-0.4, -0.2) is 66.3 Å². The average Bonchev–Trinajstić information content (AvgIpc) is 2.90. The highest BCUT2D eigenvalue weighted by Gasteiger charge is 2.32. The van der Waals surface area contributed by atoms with E-state index < -0.39 is 11.9 Å². The molecule has 1 aliphatic rings. The van der Waals surface area contributed by atoms with Gasteiger partial charge in [-0.25, -0.2) is 9.59 Å². The van der Waals surface area contributed by atoms with Gasteiger partial charge in [0.1, 0.15) is 5.75 Å². The number of aliphatic hydroxyl groups excluding tert-OH is 1. The molecule has 30 heavy (non-hydrogen) atoms. The molecule has 3 N–H and O–H groups in total. The van der Waals surface area contributed by atoms with Crippen molar-refractivity contribution in [3.8, 4) is 5.75 Å². The number of methoxy groups -OCH3 is 1. The van der Waals surface area contributed by atoms with Crippen molar-refractivity contribution in [3.63, 3.8) is 0 Å². The lowest BCUT2D eigenvalue weighted by Gasteiger charge is -2.35. The van der Waals surface area contributed by atoms with Gasteiger partial charge in [-0.3, -0.25) is 0 Å². The van der Waals surface area contributed by atoms with Crippen molar-refractivity contribution >= 4 is 11.9 Å². The Balaban J connectivity index is 0.000000479. The maximum atomic E-state index is 10.6. The molecule has 1 aliphatic carbocycles. The summed E-state index contributed by atoms with van der Waals surface area (Å²) in [6, 6.07) is 8.36. The second kappa shape index (κ2) is 13.7. The number of carbonyl (C=O) groups is 2. The minimum atomic E-state index is -1.26. The van der Waals surface area contributed by atoms with Crippen molar-refractivity contribution in [2.24, 2.45) is 5.92 Å². The van der Waals surface area contributed by atoms with Crippen molar-refractivity contribution in [1.82, 2.24) is 4.90 Å². The zero-order valence-corrected chi connectivity index (χ0v) is 17.9. The predicted octanol–water partition coefficient (Wildman–Crippen LogP) is 2.92. The number of hydrogen-bond acceptors (Lipinski definition) is 6. The smallest absolute Gasteiger partial charge is 0.328 e. The largest absolute Gasteiger partial charge is 0.478 e. The molecule has 1 fully saturated rings. The molecule has 0 amide bonds. The zero-order valence-electron chi connectivity index (χ0n) is 17.9. The summed E-state index contributed by atoms with van der Waals surface area (Å²) >= 11 is 0. The maximum absolute atomic E-state index is 10.6. The first kappa shape index (κ1) is 25.6. The first-order valence-corrected chi connectivity index (χ1v) is 9.96. The normalized spacial score (nSPS) is 20.2. The molecular weight excluding hydrogens is 390 g/mol. The Morgan fingerprint density at radius 3 is 2.33 bits per heavy atom. The summed E-state index contributed by atoms with van der Waals surface area (Å²) in [5.41, 5.74) is 1.20. The van der Waals surface area contributed by atoms with Gasteiger partial charge in [-0.2, -0.15) is 0 Å². The monoisotopic (exact) mass is 423 g/mol. The molecule has 1 saturated carbocycles. The number of hydrogen-bond donors (Lipinski definition) is 3. The number of ether oxygens (including phenoxy) is 2. The summed E-state index contributed by atoms with van der Waals surface area (Å²) in [6.45, 7) is 0.252. The van der Waals surface area contributed by atoms with Gasteiger partial charge in [0.25, 0.3) is 0 Å². The Hall–Kier alpha value is -2.42. The average molecular weight is 424 g/mol. The topological polar surface area (TPSA) is 117 Å². The van der Waals surface area contributed by atoms with E-state index in [2.05, 4.69) is 31.1 Å². The standard InChI is InChI=1S/C18H29NO3.C4H4O4/c1-19(2)18(16-10-5-4-6-11-17(16)20)14-8-7-9-15(12-14)22-13-21-3;5-3(6)1-2-4(7)8/h7-9,12,16-18,20H,4-6,10-11,13H2,1-3H3;1-2H,(H,5,6)(H,7,8)/b;2-1-/t16-,17+,18?;/m0./s1. The van der Waals surface area contributed by atoms with Gasteiger partial charge in [0.2, 0.25) is 0 Å². The summed E-state index contributed by atoms with van der Waals surface area (Å²) in [6.07, 6.45) is 6.44. The fourth-order valence-electron chi connectivity index (χ4n) is 3.67. The molecule has 8 heteroatoms. The SMILES string of the molecule is COCOc1cccc(C([C@H]2CCCCC[C@H]2O)N(C)C)c1.O=C(O)/C=C\C(=O)O. The van der Waals surface area contributed by atoms with Gasteiger partial charge < -0.3 is 29.7 Å². The van der Waals surface area contributed by atoms with Crippen LogP contribution in [-0.2, 0) is 14.3 Å². The summed E-state index contributed by atoms with van der Waals surface area (Å²) < 4.78 is 10.5. The number of carboxylic acid groups (broad SMARTS) is 2. The van der Waals surface area contributed by atoms with Gasteiger partial charge >= 0.3 is 11.9 Å². The van der Waals surface area contributed by atoms with Crippen molar-refractivity contribution < 1.29 is 34.4 Å². The number of carboxylic acids is 2. The summed E-state index contributed by atoms with van der Waals surface area (Å²) in [5.74, 6) is -1.43. The van der Waals surface area contributed by atoms with Gasteiger partial charge in [-0.1, -0.05) is 31.4 Å². The molecular formula is C22H33NO7. The third-order valence-corrected chi connectivity index (χ3v) is 4.91. The second-order valence-corrected chi connectivity index (χ2v) is 7.41. The molecule has 0 aromatic heterocycles. The minimum Gasteiger partial charge on any atom is -0.478 e. The summed E-state index contributed by atoms with van der Waals surface area (Å²) in [5, 5.41) is 26.2. The van der Waals surface area contributed by atoms with Crippen LogP contribution in [0, 0.1) is 5.92 Å². The number of benzene rings is 1. The zero-order chi connectivity index (χ0) is 22.5. The van der Waals surface area contributed by atoms with Gasteiger partial charge in [-0.05, 0) is 44.6 Å². The molecule has 1 aromatic rings. The lowest BCUT2D eigenvalue weighted by atomic mass is 9.84. The number of rotatable bonds is 8. The van der Waals surface area contributed by atoms with Crippen molar-refractivity contribution in [2.45, 2.75) is 44.2 Å². The van der Waals surface area contributed by atoms with Crippen LogP contribution in [0.5, 0.6) is 5.75 Å². The molecule has 2 rings (SSSR count). The van der Waals surface area contributed by atoms with E-state index in [4.69, 9.17) is 19.7 Å². The number of aliphatic hydroxyl groups is 1. The first-order chi connectivity index (χ1) is 14.3. The quantitative estimate of drug-likeness (QED) is 0.332.